The van der Waals surface area contributed by atoms with E-state index in [0.717, 1.165) is 35.6 Å². The SMILES string of the molecule is O=C(O)C1CCN(C(=O)CN2Cc3cccc(n3)CN(CC(=O)N3CCC(C(=O)OCCCCCCCCCC4=CC4)CC3)Cc3cccc(n3)C2)CC1. The second-order valence-corrected chi connectivity index (χ2v) is 15.6. The maximum Gasteiger partial charge on any atom is 0.309 e. The number of amides is 2. The summed E-state index contributed by atoms with van der Waals surface area (Å²) in [4.78, 5) is 68.8. The fraction of sp³-hybridized carbons (Fsp3) is 0.619. The molecule has 2 fully saturated rings. The highest BCUT2D eigenvalue weighted by Gasteiger charge is 2.30. The minimum absolute atomic E-state index is 0.0204. The summed E-state index contributed by atoms with van der Waals surface area (Å²) < 4.78 is 5.64. The van der Waals surface area contributed by atoms with E-state index < -0.39 is 11.9 Å². The lowest BCUT2D eigenvalue weighted by molar-refractivity contribution is -0.152. The Morgan fingerprint density at radius 1 is 0.630 bits per heavy atom. The first-order valence-electron chi connectivity index (χ1n) is 20.3. The van der Waals surface area contributed by atoms with Crippen LogP contribution < -0.4 is 0 Å². The number of unbranched alkanes of at least 4 members (excludes halogenated alkanes) is 6. The number of carbonyl (C=O) groups excluding carboxylic acids is 3. The Morgan fingerprint density at radius 3 is 1.50 bits per heavy atom. The van der Waals surface area contributed by atoms with E-state index in [0.29, 0.717) is 84.6 Å². The highest BCUT2D eigenvalue weighted by atomic mass is 16.5. The van der Waals surface area contributed by atoms with Crippen molar-refractivity contribution in [3.05, 3.63) is 70.8 Å². The van der Waals surface area contributed by atoms with Crippen molar-refractivity contribution in [3.63, 3.8) is 0 Å². The molecular formula is C42H58N6O6. The van der Waals surface area contributed by atoms with Crippen LogP contribution in [0.15, 0.2) is 48.0 Å². The molecule has 1 N–H and O–H groups in total. The lowest BCUT2D eigenvalue weighted by atomic mass is 9.97. The molecule has 2 saturated heterocycles. The van der Waals surface area contributed by atoms with Gasteiger partial charge in [-0.1, -0.05) is 55.9 Å². The van der Waals surface area contributed by atoms with Crippen molar-refractivity contribution in [2.45, 2.75) is 110 Å². The van der Waals surface area contributed by atoms with E-state index in [1.54, 1.807) is 10.5 Å². The van der Waals surface area contributed by atoms with Gasteiger partial charge in [0.2, 0.25) is 11.8 Å². The zero-order valence-corrected chi connectivity index (χ0v) is 31.8. The van der Waals surface area contributed by atoms with E-state index in [9.17, 15) is 24.3 Å². The van der Waals surface area contributed by atoms with Crippen molar-refractivity contribution in [2.24, 2.45) is 11.8 Å². The normalized spacial score (nSPS) is 18.7. The molecule has 12 nitrogen and oxygen atoms in total. The predicted molar refractivity (Wildman–Crippen MR) is 204 cm³/mol. The number of esters is 1. The van der Waals surface area contributed by atoms with Crippen LogP contribution in [0.5, 0.6) is 0 Å². The number of piperidine rings is 2. The first-order chi connectivity index (χ1) is 26.3. The molecule has 0 aromatic carbocycles. The van der Waals surface area contributed by atoms with Crippen LogP contribution in [-0.2, 0) is 50.1 Å². The van der Waals surface area contributed by atoms with E-state index >= 15 is 0 Å². The molecule has 0 saturated carbocycles. The smallest absolute Gasteiger partial charge is 0.309 e. The fourth-order valence-corrected chi connectivity index (χ4v) is 7.89. The Balaban J connectivity index is 0.957. The zero-order chi connectivity index (χ0) is 37.7. The number of hydrogen-bond acceptors (Lipinski definition) is 9. The maximum absolute atomic E-state index is 13.6. The first kappa shape index (κ1) is 39.5. The van der Waals surface area contributed by atoms with E-state index in [-0.39, 0.29) is 36.8 Å². The number of nitrogens with zero attached hydrogens (tertiary/aromatic N) is 6. The van der Waals surface area contributed by atoms with Crippen LogP contribution in [0.3, 0.4) is 0 Å². The molecule has 54 heavy (non-hydrogen) atoms. The number of aliphatic carboxylic acids is 1. The Labute approximate surface area is 319 Å². The summed E-state index contributed by atoms with van der Waals surface area (Å²) in [5.74, 6) is -1.46. The molecular weight excluding hydrogens is 684 g/mol. The van der Waals surface area contributed by atoms with Gasteiger partial charge in [0.25, 0.3) is 0 Å². The number of aromatic nitrogens is 2. The highest BCUT2D eigenvalue weighted by molar-refractivity contribution is 5.79. The third-order valence-corrected chi connectivity index (χ3v) is 11.2. The van der Waals surface area contributed by atoms with Crippen LogP contribution in [0.2, 0.25) is 0 Å². The number of likely N-dealkylation sites (tertiary alicyclic amines) is 2. The number of carboxylic acid groups (broad SMARTS) is 1. The summed E-state index contributed by atoms with van der Waals surface area (Å²) in [6.45, 7) is 4.68. The Morgan fingerprint density at radius 2 is 1.06 bits per heavy atom. The Kier molecular flexibility index (Phi) is 14.6. The summed E-state index contributed by atoms with van der Waals surface area (Å²) >= 11 is 0. The van der Waals surface area contributed by atoms with Crippen LogP contribution in [0.1, 0.15) is 106 Å². The molecule has 1 aliphatic carbocycles. The second-order valence-electron chi connectivity index (χ2n) is 15.6. The topological polar surface area (TPSA) is 136 Å². The molecule has 0 atom stereocenters. The molecule has 2 aromatic heterocycles. The van der Waals surface area contributed by atoms with Gasteiger partial charge in [0.15, 0.2) is 0 Å². The van der Waals surface area contributed by atoms with Gasteiger partial charge in [-0.25, -0.2) is 0 Å². The number of carbonyl (C=O) groups is 4. The van der Waals surface area contributed by atoms with Gasteiger partial charge < -0.3 is 19.6 Å². The van der Waals surface area contributed by atoms with E-state index in [2.05, 4.69) is 11.0 Å². The molecule has 2 aromatic rings. The summed E-state index contributed by atoms with van der Waals surface area (Å²) in [6, 6.07) is 11.8. The van der Waals surface area contributed by atoms with Gasteiger partial charge in [-0.2, -0.15) is 0 Å². The summed E-state index contributed by atoms with van der Waals surface area (Å²) in [5, 5.41) is 9.35. The van der Waals surface area contributed by atoms with Gasteiger partial charge in [0.05, 0.1) is 54.3 Å². The van der Waals surface area contributed by atoms with Crippen LogP contribution >= 0.6 is 0 Å². The average Bonchev–Trinajstić information content (AvgIpc) is 4.00. The lowest BCUT2D eigenvalue weighted by Crippen LogP contribution is -2.45. The standard InChI is InChI=1S/C42H58N6O6/c49-39(47-21-17-33(18-22-47)41(51)52)30-45-26-35-11-8-13-37(43-35)28-46(29-38-14-9-12-36(27-45)44-38)31-40(50)48-23-19-34(20-24-48)42(53)54-25-7-5-3-1-2-4-6-10-32-15-16-32/h8-9,11-15,33-34H,1-7,10,16-31H2,(H,51,52). The summed E-state index contributed by atoms with van der Waals surface area (Å²) in [6.07, 6.45) is 15.4. The van der Waals surface area contributed by atoms with E-state index in [4.69, 9.17) is 14.7 Å². The number of hydrogen-bond donors (Lipinski definition) is 1. The quantitative estimate of drug-likeness (QED) is 0.136. The van der Waals surface area contributed by atoms with Crippen molar-refractivity contribution in [1.29, 1.82) is 0 Å². The third kappa shape index (κ3) is 12.4. The van der Waals surface area contributed by atoms with Gasteiger partial charge in [-0.3, -0.25) is 38.9 Å². The molecule has 0 radical (unpaired) electrons. The number of allylic oxidation sites excluding steroid dienone is 2. The third-order valence-electron chi connectivity index (χ3n) is 11.2. The number of carboxylic acids is 1. The summed E-state index contributed by atoms with van der Waals surface area (Å²) in [7, 11) is 0. The van der Waals surface area contributed by atoms with Crippen LogP contribution in [-0.4, -0.2) is 104 Å². The highest BCUT2D eigenvalue weighted by Crippen LogP contribution is 2.25. The van der Waals surface area contributed by atoms with Crippen molar-refractivity contribution in [2.75, 3.05) is 45.9 Å². The van der Waals surface area contributed by atoms with Crippen molar-refractivity contribution >= 4 is 23.8 Å². The largest absolute Gasteiger partial charge is 0.481 e. The van der Waals surface area contributed by atoms with Crippen LogP contribution in [0.4, 0.5) is 0 Å². The van der Waals surface area contributed by atoms with Gasteiger partial charge in [0.1, 0.15) is 0 Å². The first-order valence-corrected chi connectivity index (χ1v) is 20.3. The average molecular weight is 743 g/mol. The fourth-order valence-electron chi connectivity index (χ4n) is 7.89. The zero-order valence-electron chi connectivity index (χ0n) is 31.8. The lowest BCUT2D eigenvalue weighted by Gasteiger charge is -2.33. The van der Waals surface area contributed by atoms with Crippen LogP contribution in [0.25, 0.3) is 0 Å². The number of pyridine rings is 2. The maximum atomic E-state index is 13.6. The van der Waals surface area contributed by atoms with E-state index in [1.165, 1.54) is 44.9 Å². The number of fused-ring (bicyclic) bond motifs is 4. The van der Waals surface area contributed by atoms with Gasteiger partial charge in [-0.05, 0) is 75.6 Å². The molecule has 292 valence electrons. The van der Waals surface area contributed by atoms with Crippen molar-refractivity contribution in [3.8, 4) is 0 Å². The van der Waals surface area contributed by atoms with Crippen molar-refractivity contribution < 1.29 is 29.0 Å². The Bertz CT molecular complexity index is 1560. The molecule has 5 heterocycles. The Hall–Kier alpha value is -4.16. The molecule has 3 aliphatic heterocycles. The molecule has 2 amide bonds. The van der Waals surface area contributed by atoms with Gasteiger partial charge in [0, 0.05) is 52.4 Å². The van der Waals surface area contributed by atoms with Gasteiger partial charge in [-0.15, -0.1) is 0 Å². The number of ether oxygens (including phenoxy) is 1. The molecule has 0 spiro atoms. The molecule has 4 aliphatic rings. The molecule has 0 unspecified atom stereocenters. The minimum Gasteiger partial charge on any atom is -0.481 e. The molecule has 12 heteroatoms. The van der Waals surface area contributed by atoms with Gasteiger partial charge >= 0.3 is 11.9 Å². The predicted octanol–water partition coefficient (Wildman–Crippen LogP) is 5.35. The minimum atomic E-state index is -0.793. The van der Waals surface area contributed by atoms with Crippen molar-refractivity contribution in [1.82, 2.24) is 29.6 Å². The molecule has 4 bridgehead atoms. The van der Waals surface area contributed by atoms with Crippen LogP contribution in [0, 0.1) is 11.8 Å². The number of rotatable bonds is 16. The molecule has 6 rings (SSSR count). The van der Waals surface area contributed by atoms with E-state index in [1.807, 2.05) is 46.2 Å². The summed E-state index contributed by atoms with van der Waals surface area (Å²) in [5.41, 5.74) is 4.96. The second kappa shape index (κ2) is 20.0. The monoisotopic (exact) mass is 742 g/mol.